The number of hydrogen-bond acceptors (Lipinski definition) is 8. The number of nitrogens with zero attached hydrogens (tertiary/aromatic N) is 3. The van der Waals surface area contributed by atoms with Crippen LogP contribution in [0.5, 0.6) is 11.6 Å². The summed E-state index contributed by atoms with van der Waals surface area (Å²) in [5.41, 5.74) is 1.55. The smallest absolute Gasteiger partial charge is 0.263 e. The van der Waals surface area contributed by atoms with Crippen LogP contribution in [0.15, 0.2) is 18.3 Å². The Hall–Kier alpha value is -3.31. The van der Waals surface area contributed by atoms with Gasteiger partial charge in [-0.2, -0.15) is 0 Å². The van der Waals surface area contributed by atoms with Crippen LogP contribution in [0.25, 0.3) is 0 Å². The number of ether oxygens (including phenoxy) is 2. The summed E-state index contributed by atoms with van der Waals surface area (Å²) in [5.74, 6) is 0.190. The number of benzene rings is 1. The average molecular weight is 459 g/mol. The normalized spacial score (nSPS) is 17.5. The van der Waals surface area contributed by atoms with Crippen LogP contribution >= 0.6 is 0 Å². The molecule has 176 valence electrons. The minimum atomic E-state index is -0.350. The van der Waals surface area contributed by atoms with Gasteiger partial charge in [0.1, 0.15) is 11.6 Å². The molecule has 1 aliphatic heterocycles. The highest BCUT2D eigenvalue weighted by Gasteiger charge is 2.25. The molecule has 0 radical (unpaired) electrons. The molecule has 10 nitrogen and oxygen atoms in total. The van der Waals surface area contributed by atoms with Gasteiger partial charge in [0.05, 0.1) is 18.8 Å². The molecule has 1 aromatic carbocycles. The summed E-state index contributed by atoms with van der Waals surface area (Å²) in [6, 6.07) is 2.79. The number of aromatic nitrogens is 2. The van der Waals surface area contributed by atoms with Gasteiger partial charge < -0.3 is 25.2 Å². The molecule has 2 unspecified atom stereocenters. The fourth-order valence-corrected chi connectivity index (χ4v) is 4.16. The number of carbonyl (C=O) groups excluding carboxylic acids is 2. The van der Waals surface area contributed by atoms with Crippen molar-refractivity contribution in [1.29, 1.82) is 0 Å². The van der Waals surface area contributed by atoms with E-state index in [1.165, 1.54) is 11.1 Å². The number of amides is 2. The standard InChI is InChI=1S/C22H26FN5O5/c1-32-16(2-3-24-8-13-4-14-6-15(30)7-18(23)17(14)5-13)10-28(12-29)19-9-25-22-21(26-19)27-20(31)11-33-22/h6-7,9,12-13,16,24,30H,2-5,8,10-11H2,1H3,(H,26,27,31). The van der Waals surface area contributed by atoms with E-state index in [1.54, 1.807) is 13.2 Å². The molecule has 2 atom stereocenters. The molecule has 2 heterocycles. The van der Waals surface area contributed by atoms with Crippen molar-refractivity contribution in [2.75, 3.05) is 43.6 Å². The van der Waals surface area contributed by atoms with E-state index in [1.807, 2.05) is 0 Å². The van der Waals surface area contributed by atoms with Crippen LogP contribution in [-0.2, 0) is 27.2 Å². The van der Waals surface area contributed by atoms with E-state index >= 15 is 0 Å². The monoisotopic (exact) mass is 459 g/mol. The maximum Gasteiger partial charge on any atom is 0.263 e. The maximum atomic E-state index is 14.0. The van der Waals surface area contributed by atoms with Crippen LogP contribution in [0.1, 0.15) is 17.5 Å². The van der Waals surface area contributed by atoms with Gasteiger partial charge in [-0.1, -0.05) is 0 Å². The lowest BCUT2D eigenvalue weighted by Gasteiger charge is -2.24. The summed E-state index contributed by atoms with van der Waals surface area (Å²) in [6.45, 7) is 1.48. The number of hydrogen-bond donors (Lipinski definition) is 3. The van der Waals surface area contributed by atoms with E-state index in [9.17, 15) is 19.1 Å². The molecule has 11 heteroatoms. The van der Waals surface area contributed by atoms with Gasteiger partial charge in [-0.25, -0.2) is 14.4 Å². The topological polar surface area (TPSA) is 126 Å². The van der Waals surface area contributed by atoms with Crippen molar-refractivity contribution in [3.8, 4) is 11.6 Å². The number of nitrogens with one attached hydrogen (secondary N) is 2. The van der Waals surface area contributed by atoms with Crippen molar-refractivity contribution in [3.05, 3.63) is 35.3 Å². The Labute approximate surface area is 190 Å². The lowest BCUT2D eigenvalue weighted by atomic mass is 10.1. The minimum Gasteiger partial charge on any atom is -0.508 e. The maximum absolute atomic E-state index is 14.0. The first-order valence-electron chi connectivity index (χ1n) is 10.7. The third-order valence-electron chi connectivity index (χ3n) is 5.83. The predicted octanol–water partition coefficient (Wildman–Crippen LogP) is 1.02. The Morgan fingerprint density at radius 1 is 1.45 bits per heavy atom. The van der Waals surface area contributed by atoms with Crippen molar-refractivity contribution in [1.82, 2.24) is 15.3 Å². The number of phenols is 1. The fourth-order valence-electron chi connectivity index (χ4n) is 4.16. The first kappa shape index (κ1) is 22.9. The number of phenolic OH excluding ortho intramolecular Hbond substituents is 1. The van der Waals surface area contributed by atoms with Gasteiger partial charge in [-0.15, -0.1) is 0 Å². The largest absolute Gasteiger partial charge is 0.508 e. The molecule has 2 amide bonds. The molecule has 0 bridgehead atoms. The lowest BCUT2D eigenvalue weighted by Crippen LogP contribution is -2.36. The van der Waals surface area contributed by atoms with E-state index in [4.69, 9.17) is 9.47 Å². The van der Waals surface area contributed by atoms with Crippen LogP contribution in [0, 0.1) is 11.7 Å². The van der Waals surface area contributed by atoms with E-state index in [-0.39, 0.29) is 60.2 Å². The molecule has 2 aromatic rings. The van der Waals surface area contributed by atoms with Gasteiger partial charge in [0, 0.05) is 13.2 Å². The number of halogens is 1. The second kappa shape index (κ2) is 10.1. The molecule has 1 aromatic heterocycles. The summed E-state index contributed by atoms with van der Waals surface area (Å²) in [5, 5.41) is 15.5. The zero-order chi connectivity index (χ0) is 23.4. The number of carbonyl (C=O) groups is 2. The Balaban J connectivity index is 1.26. The quantitative estimate of drug-likeness (QED) is 0.355. The number of fused-ring (bicyclic) bond motifs is 2. The van der Waals surface area contributed by atoms with Gasteiger partial charge in [0.2, 0.25) is 6.41 Å². The summed E-state index contributed by atoms with van der Waals surface area (Å²) in [7, 11) is 1.57. The van der Waals surface area contributed by atoms with E-state index in [0.717, 1.165) is 18.1 Å². The second-order valence-corrected chi connectivity index (χ2v) is 8.17. The molecular formula is C22H26FN5O5. The average Bonchev–Trinajstić information content (AvgIpc) is 3.21. The first-order valence-corrected chi connectivity index (χ1v) is 10.7. The third kappa shape index (κ3) is 5.37. The Morgan fingerprint density at radius 2 is 2.30 bits per heavy atom. The molecule has 0 spiro atoms. The molecule has 0 saturated carbocycles. The van der Waals surface area contributed by atoms with Gasteiger partial charge >= 0.3 is 0 Å². The molecule has 0 fully saturated rings. The van der Waals surface area contributed by atoms with Crippen LogP contribution in [0.4, 0.5) is 16.0 Å². The van der Waals surface area contributed by atoms with Crippen LogP contribution in [0.2, 0.25) is 0 Å². The summed E-state index contributed by atoms with van der Waals surface area (Å²) in [4.78, 5) is 32.9. The zero-order valence-electron chi connectivity index (χ0n) is 18.2. The van der Waals surface area contributed by atoms with Crippen molar-refractivity contribution in [2.24, 2.45) is 5.92 Å². The molecule has 3 N–H and O–H groups in total. The van der Waals surface area contributed by atoms with Gasteiger partial charge in [0.25, 0.3) is 11.8 Å². The number of rotatable bonds is 10. The highest BCUT2D eigenvalue weighted by molar-refractivity contribution is 5.94. The van der Waals surface area contributed by atoms with Crippen LogP contribution in [-0.4, -0.2) is 66.8 Å². The van der Waals surface area contributed by atoms with Crippen LogP contribution in [0.3, 0.4) is 0 Å². The Morgan fingerprint density at radius 3 is 3.09 bits per heavy atom. The third-order valence-corrected chi connectivity index (χ3v) is 5.83. The lowest BCUT2D eigenvalue weighted by molar-refractivity contribution is -0.118. The molecule has 2 aliphatic rings. The minimum absolute atomic E-state index is 0.0407. The Kier molecular flexibility index (Phi) is 6.99. The number of aromatic hydroxyl groups is 1. The predicted molar refractivity (Wildman–Crippen MR) is 117 cm³/mol. The summed E-state index contributed by atoms with van der Waals surface area (Å²) < 4.78 is 24.7. The molecule has 33 heavy (non-hydrogen) atoms. The molecule has 0 saturated heterocycles. The zero-order valence-corrected chi connectivity index (χ0v) is 18.2. The number of methoxy groups -OCH3 is 1. The second-order valence-electron chi connectivity index (χ2n) is 8.17. The van der Waals surface area contributed by atoms with Crippen LogP contribution < -0.4 is 20.3 Å². The van der Waals surface area contributed by atoms with Gasteiger partial charge in [-0.05, 0) is 55.5 Å². The van der Waals surface area contributed by atoms with E-state index in [0.29, 0.717) is 37.9 Å². The Bertz CT molecular complexity index is 1040. The SMILES string of the molecule is COC(CCNCC1Cc2cc(O)cc(F)c2C1)CN(C=O)c1cnc2c(n1)NC(=O)CO2. The first-order chi connectivity index (χ1) is 16.0. The van der Waals surface area contributed by atoms with Gasteiger partial charge in [-0.3, -0.25) is 14.5 Å². The van der Waals surface area contributed by atoms with Crippen molar-refractivity contribution in [3.63, 3.8) is 0 Å². The molecular weight excluding hydrogens is 433 g/mol. The fraction of sp³-hybridized carbons (Fsp3) is 0.455. The van der Waals surface area contributed by atoms with Crippen molar-refractivity contribution < 1.29 is 28.6 Å². The van der Waals surface area contributed by atoms with E-state index in [2.05, 4.69) is 20.6 Å². The van der Waals surface area contributed by atoms with E-state index < -0.39 is 0 Å². The van der Waals surface area contributed by atoms with Crippen molar-refractivity contribution >= 4 is 24.0 Å². The molecule has 1 aliphatic carbocycles. The highest BCUT2D eigenvalue weighted by Crippen LogP contribution is 2.31. The molecule has 4 rings (SSSR count). The number of anilines is 2. The van der Waals surface area contributed by atoms with Gasteiger partial charge in [0.15, 0.2) is 18.2 Å². The highest BCUT2D eigenvalue weighted by atomic mass is 19.1. The van der Waals surface area contributed by atoms with Crippen molar-refractivity contribution in [2.45, 2.75) is 25.4 Å². The summed E-state index contributed by atoms with van der Waals surface area (Å²) in [6.07, 6.45) is 3.77. The summed E-state index contributed by atoms with van der Waals surface area (Å²) >= 11 is 0.